The molecule has 2 saturated heterocycles. The van der Waals surface area contributed by atoms with E-state index in [-0.39, 0.29) is 60.8 Å². The molecule has 232 valence electrons. The van der Waals surface area contributed by atoms with E-state index in [0.29, 0.717) is 17.7 Å². The monoisotopic (exact) mass is 604 g/mol. The maximum atomic E-state index is 15.4. The third-order valence-electron chi connectivity index (χ3n) is 8.83. The van der Waals surface area contributed by atoms with Crippen molar-refractivity contribution in [3.8, 4) is 0 Å². The van der Waals surface area contributed by atoms with Gasteiger partial charge in [-0.15, -0.1) is 0 Å². The Morgan fingerprint density at radius 2 is 1.81 bits per heavy atom. The van der Waals surface area contributed by atoms with Gasteiger partial charge >= 0.3 is 6.18 Å². The molecule has 43 heavy (non-hydrogen) atoms. The highest BCUT2D eigenvalue weighted by Crippen LogP contribution is 2.40. The van der Waals surface area contributed by atoms with Crippen LogP contribution in [0.15, 0.2) is 47.6 Å². The first-order valence-electron chi connectivity index (χ1n) is 14.4. The molecule has 2 aromatic heterocycles. The van der Waals surface area contributed by atoms with Gasteiger partial charge in [-0.1, -0.05) is 32.6 Å². The topological polar surface area (TPSA) is 104 Å². The molecule has 5 rings (SSSR count). The number of piperazine rings is 1. The Morgan fingerprint density at radius 1 is 1.16 bits per heavy atom. The van der Waals surface area contributed by atoms with Crippen LogP contribution in [0.25, 0.3) is 10.9 Å². The number of fused-ring (bicyclic) bond motifs is 1. The van der Waals surface area contributed by atoms with E-state index in [1.54, 1.807) is 9.80 Å². The summed E-state index contributed by atoms with van der Waals surface area (Å²) in [6.07, 6.45) is -0.145. The van der Waals surface area contributed by atoms with Gasteiger partial charge in [-0.3, -0.25) is 19.1 Å². The Kier molecular flexibility index (Phi) is 8.11. The van der Waals surface area contributed by atoms with Crippen LogP contribution in [-0.4, -0.2) is 94.7 Å². The molecule has 0 spiro atoms. The number of carbonyl (C=O) groups excluding carboxylic acids is 1. The number of anilines is 2. The van der Waals surface area contributed by atoms with E-state index in [2.05, 4.69) is 30.3 Å². The first kappa shape index (κ1) is 30.7. The molecule has 0 aromatic carbocycles. The summed E-state index contributed by atoms with van der Waals surface area (Å²) in [5.41, 5.74) is 1.27. The van der Waals surface area contributed by atoms with Crippen LogP contribution in [0.1, 0.15) is 26.5 Å². The molecule has 2 aromatic rings. The highest BCUT2D eigenvalue weighted by atomic mass is 19.4. The molecule has 2 fully saturated rings. The number of hydrogen-bond donors (Lipinski definition) is 1. The van der Waals surface area contributed by atoms with Gasteiger partial charge in [-0.25, -0.2) is 9.37 Å². The maximum Gasteiger partial charge on any atom is 0.431 e. The molecule has 2 aliphatic heterocycles. The summed E-state index contributed by atoms with van der Waals surface area (Å²) in [6.45, 7) is 12.8. The van der Waals surface area contributed by atoms with Crippen molar-refractivity contribution < 1.29 is 22.4 Å². The van der Waals surface area contributed by atoms with E-state index in [0.717, 1.165) is 25.2 Å². The molecule has 0 bridgehead atoms. The molecule has 4 heterocycles. The van der Waals surface area contributed by atoms with Crippen molar-refractivity contribution in [1.29, 1.82) is 0 Å². The minimum absolute atomic E-state index is 0.102. The van der Waals surface area contributed by atoms with Gasteiger partial charge in [0.2, 0.25) is 11.9 Å². The summed E-state index contributed by atoms with van der Waals surface area (Å²) >= 11 is 0. The van der Waals surface area contributed by atoms with Gasteiger partial charge in [0.1, 0.15) is 28.4 Å². The summed E-state index contributed by atoms with van der Waals surface area (Å²) in [7, 11) is 0. The Morgan fingerprint density at radius 3 is 2.37 bits per heavy atom. The second kappa shape index (κ2) is 11.4. The number of alkyl halides is 3. The van der Waals surface area contributed by atoms with E-state index < -0.39 is 34.8 Å². The lowest BCUT2D eigenvalue weighted by molar-refractivity contribution is -0.146. The Balaban J connectivity index is 1.70. The first-order valence-corrected chi connectivity index (χ1v) is 14.4. The Bertz CT molecular complexity index is 1540. The average Bonchev–Trinajstić information content (AvgIpc) is 2.96. The maximum absolute atomic E-state index is 15.4. The van der Waals surface area contributed by atoms with Crippen LogP contribution in [0.5, 0.6) is 0 Å². The van der Waals surface area contributed by atoms with Crippen molar-refractivity contribution in [2.45, 2.75) is 44.6 Å². The number of hydrogen-bond acceptors (Lipinski definition) is 8. The second-order valence-electron chi connectivity index (χ2n) is 11.1. The van der Waals surface area contributed by atoms with Crippen LogP contribution >= 0.6 is 0 Å². The smallest absolute Gasteiger partial charge is 0.352 e. The van der Waals surface area contributed by atoms with Crippen LogP contribution < -0.4 is 21.1 Å². The summed E-state index contributed by atoms with van der Waals surface area (Å²) in [5, 5.41) is -0.102. The number of nitrogens with zero attached hydrogens (tertiary/aromatic N) is 7. The number of nitrogens with two attached hydrogens (primary N) is 1. The first-order chi connectivity index (χ1) is 20.3. The minimum atomic E-state index is -5.03. The molecule has 0 saturated carbocycles. The second-order valence-corrected chi connectivity index (χ2v) is 11.1. The molecule has 3 aliphatic rings. The number of aromatic nitrogens is 3. The normalized spacial score (nSPS) is 23.1. The lowest BCUT2D eigenvalue weighted by Crippen LogP contribution is -2.60. The van der Waals surface area contributed by atoms with Crippen molar-refractivity contribution in [3.63, 3.8) is 0 Å². The van der Waals surface area contributed by atoms with Crippen molar-refractivity contribution in [3.05, 3.63) is 58.8 Å². The third kappa shape index (κ3) is 5.20. The van der Waals surface area contributed by atoms with E-state index in [4.69, 9.17) is 10.7 Å². The predicted octanol–water partition coefficient (Wildman–Crippen LogP) is 2.64. The minimum Gasteiger partial charge on any atom is -0.352 e. The summed E-state index contributed by atoms with van der Waals surface area (Å²) in [5.74, 6) is -0.871. The molecule has 10 nitrogen and oxygen atoms in total. The predicted molar refractivity (Wildman–Crippen MR) is 157 cm³/mol. The van der Waals surface area contributed by atoms with Crippen LogP contribution in [0.3, 0.4) is 0 Å². The molecule has 1 amide bonds. The zero-order valence-corrected chi connectivity index (χ0v) is 24.4. The van der Waals surface area contributed by atoms with Gasteiger partial charge in [0, 0.05) is 45.3 Å². The molecule has 2 unspecified atom stereocenters. The third-order valence-corrected chi connectivity index (χ3v) is 8.83. The number of carbonyl (C=O) groups is 1. The molecular formula is C29H36F4N8O2. The fraction of sp³-hybridized carbons (Fsp3) is 0.517. The molecular weight excluding hydrogens is 568 g/mol. The number of amides is 1. The van der Waals surface area contributed by atoms with Gasteiger partial charge in [-0.05, 0) is 38.2 Å². The van der Waals surface area contributed by atoms with Crippen LogP contribution in [-0.2, 0) is 16.5 Å². The van der Waals surface area contributed by atoms with Gasteiger partial charge in [0.15, 0.2) is 0 Å². The molecule has 2 atom stereocenters. The highest BCUT2D eigenvalue weighted by molar-refractivity contribution is 5.91. The Hall–Kier alpha value is -3.78. The number of rotatable bonds is 7. The standard InChI is InChI=1S/C29H36F4N8O2/c1-5-23(42)38-11-13-39(14-12-38)25-19-15-22(29(31,32)33)41(28(4)20(30)9-8-10-21(28)34)26(43)24(19)35-27(36-25)40-16-18(17-40)37(6-2)7-3/h5,8-10,15,18,21H,1,6-7,11-14,16-17,34H2,2-4H3. The summed E-state index contributed by atoms with van der Waals surface area (Å²) in [6, 6.07) is -0.203. The largest absolute Gasteiger partial charge is 0.431 e. The van der Waals surface area contributed by atoms with Gasteiger partial charge in [-0.2, -0.15) is 18.2 Å². The fourth-order valence-corrected chi connectivity index (χ4v) is 6.10. The lowest BCUT2D eigenvalue weighted by Gasteiger charge is -2.45. The van der Waals surface area contributed by atoms with Crippen molar-refractivity contribution in [2.75, 3.05) is 62.2 Å². The van der Waals surface area contributed by atoms with Gasteiger partial charge in [0.25, 0.3) is 5.56 Å². The van der Waals surface area contributed by atoms with Crippen molar-refractivity contribution >= 4 is 28.6 Å². The summed E-state index contributed by atoms with van der Waals surface area (Å²) in [4.78, 5) is 43.0. The quantitative estimate of drug-likeness (QED) is 0.380. The molecule has 1 aliphatic carbocycles. The van der Waals surface area contributed by atoms with Crippen LogP contribution in [0.4, 0.5) is 29.3 Å². The van der Waals surface area contributed by atoms with E-state index in [9.17, 15) is 22.8 Å². The van der Waals surface area contributed by atoms with Crippen molar-refractivity contribution in [1.82, 2.24) is 24.3 Å². The zero-order chi connectivity index (χ0) is 31.3. The molecule has 0 radical (unpaired) electrons. The zero-order valence-electron chi connectivity index (χ0n) is 24.4. The number of halogens is 4. The van der Waals surface area contributed by atoms with Crippen LogP contribution in [0.2, 0.25) is 0 Å². The van der Waals surface area contributed by atoms with E-state index in [1.807, 2.05) is 4.90 Å². The van der Waals surface area contributed by atoms with Crippen LogP contribution in [0, 0.1) is 0 Å². The SMILES string of the molecule is C=CC(=O)N1CCN(c2nc(N3CC(N(CC)CC)C3)nc3c(=O)n(C4(C)C(F)=CC=CC4N)c(C(F)(F)F)cc23)CC1. The number of likely N-dealkylation sites (N-methyl/N-ethyl adjacent to an activating group) is 1. The average molecular weight is 605 g/mol. The van der Waals surface area contributed by atoms with Gasteiger partial charge in [0.05, 0.1) is 11.4 Å². The lowest BCUT2D eigenvalue weighted by atomic mass is 9.86. The Labute approximate surface area is 246 Å². The number of allylic oxidation sites excluding steroid dienone is 2. The van der Waals surface area contributed by atoms with Crippen molar-refractivity contribution in [2.24, 2.45) is 5.73 Å². The highest BCUT2D eigenvalue weighted by Gasteiger charge is 2.47. The van der Waals surface area contributed by atoms with Gasteiger partial charge < -0.3 is 20.4 Å². The fourth-order valence-electron chi connectivity index (χ4n) is 6.10. The van der Waals surface area contributed by atoms with E-state index in [1.165, 1.54) is 25.2 Å². The molecule has 14 heteroatoms. The molecule has 2 N–H and O–H groups in total. The van der Waals surface area contributed by atoms with E-state index >= 15 is 4.39 Å². The summed E-state index contributed by atoms with van der Waals surface area (Å²) < 4.78 is 59.8. The number of pyridine rings is 1.